The minimum absolute atomic E-state index is 0.173. The van der Waals surface area contributed by atoms with Gasteiger partial charge in [0.1, 0.15) is 5.82 Å². The molecule has 3 unspecified atom stereocenters. The number of fused-ring (bicyclic) bond motifs is 1. The van der Waals surface area contributed by atoms with Gasteiger partial charge in [-0.25, -0.2) is 4.98 Å². The predicted octanol–water partition coefficient (Wildman–Crippen LogP) is 0.544. The van der Waals surface area contributed by atoms with Crippen molar-refractivity contribution < 1.29 is 4.74 Å². The van der Waals surface area contributed by atoms with Gasteiger partial charge in [0.05, 0.1) is 18.8 Å². The van der Waals surface area contributed by atoms with Gasteiger partial charge < -0.3 is 14.6 Å². The van der Waals surface area contributed by atoms with E-state index in [0.717, 1.165) is 19.0 Å². The zero-order chi connectivity index (χ0) is 12.5. The van der Waals surface area contributed by atoms with Crippen LogP contribution in [0.1, 0.15) is 24.7 Å². The first-order valence-corrected chi connectivity index (χ1v) is 6.79. The maximum atomic E-state index is 6.07. The highest BCUT2D eigenvalue weighted by Gasteiger charge is 2.36. The summed E-state index contributed by atoms with van der Waals surface area (Å²) in [6.07, 6.45) is 6.64. The summed E-state index contributed by atoms with van der Waals surface area (Å²) in [6.45, 7) is 3.11. The smallest absolute Gasteiger partial charge is 0.128 e. The van der Waals surface area contributed by atoms with Gasteiger partial charge >= 0.3 is 0 Å². The Labute approximate surface area is 108 Å². The van der Waals surface area contributed by atoms with Crippen LogP contribution in [0.5, 0.6) is 0 Å². The molecule has 0 aliphatic carbocycles. The Hall–Kier alpha value is -0.910. The zero-order valence-corrected chi connectivity index (χ0v) is 11.2. The number of hydrogen-bond donors (Lipinski definition) is 1. The second-order valence-electron chi connectivity index (χ2n) is 5.33. The van der Waals surface area contributed by atoms with Gasteiger partial charge in [-0.05, 0) is 26.4 Å². The summed E-state index contributed by atoms with van der Waals surface area (Å²) in [5.74, 6) is 1.06. The Kier molecular flexibility index (Phi) is 3.37. The highest BCUT2D eigenvalue weighted by atomic mass is 16.5. The summed E-state index contributed by atoms with van der Waals surface area (Å²) < 4.78 is 8.14. The minimum Gasteiger partial charge on any atom is -0.373 e. The van der Waals surface area contributed by atoms with E-state index >= 15 is 0 Å². The maximum Gasteiger partial charge on any atom is 0.128 e. The van der Waals surface area contributed by atoms with E-state index in [0.29, 0.717) is 6.04 Å². The first-order chi connectivity index (χ1) is 8.79. The number of rotatable bonds is 3. The Bertz CT molecular complexity index is 405. The highest BCUT2D eigenvalue weighted by molar-refractivity contribution is 5.03. The van der Waals surface area contributed by atoms with E-state index < -0.39 is 0 Å². The Morgan fingerprint density at radius 1 is 1.56 bits per heavy atom. The van der Waals surface area contributed by atoms with Crippen molar-refractivity contribution in [3.05, 3.63) is 18.2 Å². The second kappa shape index (κ2) is 4.99. The van der Waals surface area contributed by atoms with Crippen molar-refractivity contribution in [3.63, 3.8) is 0 Å². The van der Waals surface area contributed by atoms with Crippen LogP contribution in [0.4, 0.5) is 0 Å². The summed E-state index contributed by atoms with van der Waals surface area (Å²) in [4.78, 5) is 7.02. The molecule has 2 aliphatic heterocycles. The molecule has 1 N–H and O–H groups in total. The molecular weight excluding hydrogens is 228 g/mol. The molecule has 3 atom stereocenters. The molecule has 1 aromatic rings. The van der Waals surface area contributed by atoms with E-state index in [1.165, 1.54) is 19.4 Å². The molecule has 0 amide bonds. The number of aromatic nitrogens is 2. The van der Waals surface area contributed by atoms with Crippen molar-refractivity contribution in [2.24, 2.45) is 7.05 Å². The van der Waals surface area contributed by atoms with E-state index in [-0.39, 0.29) is 12.1 Å². The molecule has 0 aromatic carbocycles. The van der Waals surface area contributed by atoms with Gasteiger partial charge in [0.2, 0.25) is 0 Å². The van der Waals surface area contributed by atoms with Crippen molar-refractivity contribution in [2.45, 2.75) is 31.0 Å². The molecule has 0 bridgehead atoms. The second-order valence-corrected chi connectivity index (χ2v) is 5.33. The molecule has 0 saturated carbocycles. The maximum absolute atomic E-state index is 6.07. The molecule has 5 nitrogen and oxygen atoms in total. The van der Waals surface area contributed by atoms with Crippen LogP contribution >= 0.6 is 0 Å². The van der Waals surface area contributed by atoms with Crippen LogP contribution < -0.4 is 5.32 Å². The normalized spacial score (nSPS) is 30.3. The van der Waals surface area contributed by atoms with Crippen molar-refractivity contribution in [1.82, 2.24) is 19.8 Å². The van der Waals surface area contributed by atoms with Crippen molar-refractivity contribution in [3.8, 4) is 0 Å². The average Bonchev–Trinajstić information content (AvgIpc) is 2.99. The predicted molar refractivity (Wildman–Crippen MR) is 69.3 cm³/mol. The Morgan fingerprint density at radius 3 is 3.17 bits per heavy atom. The fraction of sp³-hybridized carbons (Fsp3) is 0.769. The largest absolute Gasteiger partial charge is 0.373 e. The average molecular weight is 250 g/mol. The molecule has 18 heavy (non-hydrogen) atoms. The number of nitrogens with one attached hydrogen (secondary N) is 1. The van der Waals surface area contributed by atoms with Crippen molar-refractivity contribution >= 4 is 0 Å². The standard InChI is InChI=1S/C13H22N4O/c1-14-12(13-15-5-7-16(13)2)11-8-17-6-3-4-10(17)9-18-11/h5,7,10-12,14H,3-4,6,8-9H2,1-2H3. The minimum atomic E-state index is 0.173. The van der Waals surface area contributed by atoms with E-state index in [1.54, 1.807) is 0 Å². The van der Waals surface area contributed by atoms with Gasteiger partial charge in [-0.15, -0.1) is 0 Å². The first-order valence-electron chi connectivity index (χ1n) is 6.79. The number of aryl methyl sites for hydroxylation is 1. The molecule has 2 aliphatic rings. The van der Waals surface area contributed by atoms with Crippen LogP contribution in [0.15, 0.2) is 12.4 Å². The van der Waals surface area contributed by atoms with E-state index in [4.69, 9.17) is 4.74 Å². The number of nitrogens with zero attached hydrogens (tertiary/aromatic N) is 3. The fourth-order valence-electron chi connectivity index (χ4n) is 3.20. The lowest BCUT2D eigenvalue weighted by atomic mass is 10.1. The zero-order valence-electron chi connectivity index (χ0n) is 11.2. The number of morpholine rings is 1. The third-order valence-corrected chi connectivity index (χ3v) is 4.24. The monoisotopic (exact) mass is 250 g/mol. The Balaban J connectivity index is 1.74. The van der Waals surface area contributed by atoms with Crippen LogP contribution in [0.25, 0.3) is 0 Å². The summed E-state index contributed by atoms with van der Waals surface area (Å²) in [6, 6.07) is 0.826. The number of likely N-dealkylation sites (N-methyl/N-ethyl adjacent to an activating group) is 1. The van der Waals surface area contributed by atoms with E-state index in [9.17, 15) is 0 Å². The van der Waals surface area contributed by atoms with Gasteiger partial charge in [0.25, 0.3) is 0 Å². The van der Waals surface area contributed by atoms with Crippen LogP contribution in [-0.4, -0.2) is 53.3 Å². The SMILES string of the molecule is CNC(c1nccn1C)C1CN2CCCC2CO1. The molecule has 5 heteroatoms. The van der Waals surface area contributed by atoms with Gasteiger partial charge in [0.15, 0.2) is 0 Å². The molecule has 3 rings (SSSR count). The highest BCUT2D eigenvalue weighted by Crippen LogP contribution is 2.27. The molecule has 2 fully saturated rings. The molecule has 3 heterocycles. The van der Waals surface area contributed by atoms with Crippen LogP contribution in [0, 0.1) is 0 Å². The summed E-state index contributed by atoms with van der Waals surface area (Å²) >= 11 is 0. The van der Waals surface area contributed by atoms with Gasteiger partial charge in [-0.1, -0.05) is 0 Å². The van der Waals surface area contributed by atoms with E-state index in [2.05, 4.69) is 19.8 Å². The molecule has 0 spiro atoms. The lowest BCUT2D eigenvalue weighted by Gasteiger charge is -2.38. The fourth-order valence-corrected chi connectivity index (χ4v) is 3.20. The number of hydrogen-bond acceptors (Lipinski definition) is 4. The third kappa shape index (κ3) is 2.06. The van der Waals surface area contributed by atoms with Gasteiger partial charge in [0, 0.05) is 32.0 Å². The summed E-state index contributed by atoms with van der Waals surface area (Å²) in [7, 11) is 4.02. The quantitative estimate of drug-likeness (QED) is 0.850. The Morgan fingerprint density at radius 2 is 2.44 bits per heavy atom. The van der Waals surface area contributed by atoms with Crippen molar-refractivity contribution in [2.75, 3.05) is 26.7 Å². The van der Waals surface area contributed by atoms with E-state index in [1.807, 2.05) is 26.5 Å². The summed E-state index contributed by atoms with van der Waals surface area (Å²) in [5.41, 5.74) is 0. The third-order valence-electron chi connectivity index (χ3n) is 4.24. The topological polar surface area (TPSA) is 42.3 Å². The van der Waals surface area contributed by atoms with Crippen LogP contribution in [-0.2, 0) is 11.8 Å². The first kappa shape index (κ1) is 12.1. The molecule has 100 valence electrons. The van der Waals surface area contributed by atoms with Gasteiger partial charge in [-0.3, -0.25) is 4.90 Å². The molecule has 1 aromatic heterocycles. The molecular formula is C13H22N4O. The van der Waals surface area contributed by atoms with Crippen molar-refractivity contribution in [1.29, 1.82) is 0 Å². The van der Waals surface area contributed by atoms with Crippen LogP contribution in [0.3, 0.4) is 0 Å². The molecule has 2 saturated heterocycles. The number of imidazole rings is 1. The van der Waals surface area contributed by atoms with Crippen LogP contribution in [0.2, 0.25) is 0 Å². The summed E-state index contributed by atoms with van der Waals surface area (Å²) in [5, 5.41) is 3.36. The lowest BCUT2D eigenvalue weighted by Crippen LogP contribution is -2.50. The number of ether oxygens (including phenoxy) is 1. The lowest BCUT2D eigenvalue weighted by molar-refractivity contribution is -0.0658. The van der Waals surface area contributed by atoms with Gasteiger partial charge in [-0.2, -0.15) is 0 Å². The molecule has 0 radical (unpaired) electrons.